The fraction of sp³-hybridized carbons (Fsp3) is 1.00. The molecule has 6 heteroatoms. The minimum atomic E-state index is -3.01. The molecular weight excluding hydrogens is 399 g/mol. The molecule has 21 heavy (non-hydrogen) atoms. The van der Waals surface area contributed by atoms with Crippen LogP contribution in [0.2, 0.25) is 0 Å². The third-order valence-corrected chi connectivity index (χ3v) is 6.27. The van der Waals surface area contributed by atoms with Gasteiger partial charge < -0.3 is 28.5 Å². The Balaban J connectivity index is 0.00000400. The molecule has 0 aliphatic carbocycles. The van der Waals surface area contributed by atoms with Gasteiger partial charge in [-0.3, -0.25) is 0 Å². The summed E-state index contributed by atoms with van der Waals surface area (Å²) in [5.74, 6) is 0.341. The molecule has 0 radical (unpaired) electrons. The third-order valence-electron chi connectivity index (χ3n) is 4.31. The molecule has 4 nitrogen and oxygen atoms in total. The number of rotatable bonds is 9. The fourth-order valence-electron chi connectivity index (χ4n) is 2.64. The third kappa shape index (κ3) is 8.71. The standard InChI is InChI=1S/C15H33N2O2S.HI/c1-4-5-6-7-8-9-10-15-20(18,19)16-11-13-17(2,3)14-12-16;/h4-15H2,1-3H3;1H/q+1;/p-1. The van der Waals surface area contributed by atoms with Crippen LogP contribution in [0.3, 0.4) is 0 Å². The van der Waals surface area contributed by atoms with Crippen LogP contribution >= 0.6 is 0 Å². The molecule has 1 saturated heterocycles. The lowest BCUT2D eigenvalue weighted by Crippen LogP contribution is -3.00. The first-order valence-electron chi connectivity index (χ1n) is 8.17. The molecule has 1 rings (SSSR count). The number of hydrogen-bond acceptors (Lipinski definition) is 2. The van der Waals surface area contributed by atoms with Crippen LogP contribution in [0.1, 0.15) is 51.9 Å². The molecule has 0 unspecified atom stereocenters. The molecule has 0 aromatic heterocycles. The van der Waals surface area contributed by atoms with Gasteiger partial charge in [-0.2, -0.15) is 4.31 Å². The van der Waals surface area contributed by atoms with E-state index >= 15 is 0 Å². The number of unbranched alkanes of at least 4 members (excludes halogenated alkanes) is 6. The summed E-state index contributed by atoms with van der Waals surface area (Å²) in [7, 11) is 1.33. The Labute approximate surface area is 148 Å². The lowest BCUT2D eigenvalue weighted by molar-refractivity contribution is -0.893. The summed E-state index contributed by atoms with van der Waals surface area (Å²) < 4.78 is 27.1. The van der Waals surface area contributed by atoms with Gasteiger partial charge in [0.1, 0.15) is 0 Å². The maximum atomic E-state index is 12.3. The van der Waals surface area contributed by atoms with Crippen LogP contribution in [-0.4, -0.2) is 63.2 Å². The summed E-state index contributed by atoms with van der Waals surface area (Å²) in [6, 6.07) is 0. The summed E-state index contributed by atoms with van der Waals surface area (Å²) >= 11 is 0. The van der Waals surface area contributed by atoms with Crippen LogP contribution in [0.15, 0.2) is 0 Å². The first-order chi connectivity index (χ1) is 9.37. The number of piperazine rings is 1. The second-order valence-electron chi connectivity index (χ2n) is 6.72. The maximum Gasteiger partial charge on any atom is 0.214 e. The fourth-order valence-corrected chi connectivity index (χ4v) is 4.18. The van der Waals surface area contributed by atoms with Crippen molar-refractivity contribution in [3.8, 4) is 0 Å². The molecule has 1 heterocycles. The van der Waals surface area contributed by atoms with Crippen molar-refractivity contribution in [1.82, 2.24) is 4.31 Å². The molecule has 0 atom stereocenters. The molecule has 0 aromatic carbocycles. The molecule has 128 valence electrons. The minimum Gasteiger partial charge on any atom is -1.00 e. The Morgan fingerprint density at radius 2 is 1.38 bits per heavy atom. The van der Waals surface area contributed by atoms with Gasteiger partial charge in [0.25, 0.3) is 0 Å². The Hall–Kier alpha value is 0.600. The van der Waals surface area contributed by atoms with Gasteiger partial charge in [0.15, 0.2) is 0 Å². The van der Waals surface area contributed by atoms with E-state index in [1.807, 2.05) is 0 Å². The van der Waals surface area contributed by atoms with E-state index in [-0.39, 0.29) is 24.0 Å². The predicted octanol–water partition coefficient (Wildman–Crippen LogP) is -0.537. The lowest BCUT2D eigenvalue weighted by Gasteiger charge is -2.38. The van der Waals surface area contributed by atoms with Gasteiger partial charge >= 0.3 is 0 Å². The van der Waals surface area contributed by atoms with Crippen molar-refractivity contribution in [3.05, 3.63) is 0 Å². The molecule has 1 fully saturated rings. The highest BCUT2D eigenvalue weighted by molar-refractivity contribution is 7.89. The number of nitrogens with zero attached hydrogens (tertiary/aromatic N) is 2. The molecule has 1 aliphatic heterocycles. The first kappa shape index (κ1) is 21.6. The zero-order chi connectivity index (χ0) is 15.1. The van der Waals surface area contributed by atoms with Gasteiger partial charge in [0.2, 0.25) is 10.0 Å². The van der Waals surface area contributed by atoms with Crippen LogP contribution < -0.4 is 24.0 Å². The molecule has 0 saturated carbocycles. The van der Waals surface area contributed by atoms with E-state index < -0.39 is 10.0 Å². The van der Waals surface area contributed by atoms with Crippen LogP contribution in [0, 0.1) is 0 Å². The number of halogens is 1. The highest BCUT2D eigenvalue weighted by Crippen LogP contribution is 2.14. The van der Waals surface area contributed by atoms with Gasteiger partial charge in [0, 0.05) is 0 Å². The van der Waals surface area contributed by atoms with Crippen LogP contribution in [0.5, 0.6) is 0 Å². The summed E-state index contributed by atoms with van der Waals surface area (Å²) in [6.45, 7) is 5.44. The summed E-state index contributed by atoms with van der Waals surface area (Å²) in [4.78, 5) is 0. The highest BCUT2D eigenvalue weighted by atomic mass is 127. The Kier molecular flexibility index (Phi) is 10.7. The molecule has 0 spiro atoms. The van der Waals surface area contributed by atoms with E-state index in [9.17, 15) is 8.42 Å². The van der Waals surface area contributed by atoms with Crippen molar-refractivity contribution in [1.29, 1.82) is 0 Å². The normalized spacial score (nSPS) is 19.2. The molecule has 0 N–H and O–H groups in total. The topological polar surface area (TPSA) is 37.4 Å². The van der Waals surface area contributed by atoms with Crippen molar-refractivity contribution in [2.75, 3.05) is 46.0 Å². The smallest absolute Gasteiger partial charge is 0.214 e. The molecule has 1 aliphatic rings. The van der Waals surface area contributed by atoms with Gasteiger partial charge in [-0.25, -0.2) is 8.42 Å². The minimum absolute atomic E-state index is 0. The second-order valence-corrected chi connectivity index (χ2v) is 8.81. The summed E-state index contributed by atoms with van der Waals surface area (Å²) in [6.07, 6.45) is 8.17. The van der Waals surface area contributed by atoms with Crippen molar-refractivity contribution >= 4 is 10.0 Å². The number of hydrogen-bond donors (Lipinski definition) is 0. The predicted molar refractivity (Wildman–Crippen MR) is 85.2 cm³/mol. The van der Waals surface area contributed by atoms with E-state index in [0.717, 1.165) is 30.4 Å². The Morgan fingerprint density at radius 1 is 0.905 bits per heavy atom. The Morgan fingerprint density at radius 3 is 1.90 bits per heavy atom. The highest BCUT2D eigenvalue weighted by Gasteiger charge is 2.31. The molecule has 0 aromatic rings. The monoisotopic (exact) mass is 432 g/mol. The molecular formula is C15H33IN2O2S. The number of quaternary nitrogens is 1. The zero-order valence-corrected chi connectivity index (χ0v) is 17.0. The van der Waals surface area contributed by atoms with E-state index in [0.29, 0.717) is 18.8 Å². The van der Waals surface area contributed by atoms with E-state index in [4.69, 9.17) is 0 Å². The van der Waals surface area contributed by atoms with E-state index in [1.54, 1.807) is 4.31 Å². The largest absolute Gasteiger partial charge is 1.00 e. The number of sulfonamides is 1. The summed E-state index contributed by atoms with van der Waals surface area (Å²) in [5, 5.41) is 0. The molecule has 0 bridgehead atoms. The van der Waals surface area contributed by atoms with Crippen molar-refractivity contribution in [3.63, 3.8) is 0 Å². The number of likely N-dealkylation sites (N-methyl/N-ethyl adjacent to an activating group) is 1. The van der Waals surface area contributed by atoms with Crippen LogP contribution in [0.25, 0.3) is 0 Å². The van der Waals surface area contributed by atoms with Crippen molar-refractivity contribution < 1.29 is 36.9 Å². The van der Waals surface area contributed by atoms with Crippen LogP contribution in [0.4, 0.5) is 0 Å². The quantitative estimate of drug-likeness (QED) is 0.279. The van der Waals surface area contributed by atoms with Gasteiger partial charge in [-0.15, -0.1) is 0 Å². The average molecular weight is 432 g/mol. The van der Waals surface area contributed by atoms with E-state index in [1.165, 1.54) is 32.1 Å². The van der Waals surface area contributed by atoms with Gasteiger partial charge in [-0.1, -0.05) is 45.4 Å². The second kappa shape index (κ2) is 10.4. The average Bonchev–Trinajstić information content (AvgIpc) is 2.37. The maximum absolute atomic E-state index is 12.3. The van der Waals surface area contributed by atoms with Crippen molar-refractivity contribution in [2.24, 2.45) is 0 Å². The molecule has 0 amide bonds. The SMILES string of the molecule is CCCCCCCCCS(=O)(=O)N1CC[N+](C)(C)CC1.[I-]. The van der Waals surface area contributed by atoms with Gasteiger partial charge in [-0.05, 0) is 6.42 Å². The van der Waals surface area contributed by atoms with Crippen molar-refractivity contribution in [2.45, 2.75) is 51.9 Å². The Bertz CT molecular complexity index is 362. The zero-order valence-electron chi connectivity index (χ0n) is 14.0. The first-order valence-corrected chi connectivity index (χ1v) is 9.78. The van der Waals surface area contributed by atoms with E-state index in [2.05, 4.69) is 21.0 Å². The summed E-state index contributed by atoms with van der Waals surface area (Å²) in [5.41, 5.74) is 0. The van der Waals surface area contributed by atoms with Crippen LogP contribution in [-0.2, 0) is 10.0 Å². The lowest BCUT2D eigenvalue weighted by atomic mass is 10.1. The van der Waals surface area contributed by atoms with Gasteiger partial charge in [0.05, 0.1) is 46.0 Å².